The molecule has 1 saturated heterocycles. The number of H-pyrrole nitrogens is 1. The second-order valence-electron chi connectivity index (χ2n) is 8.48. The number of imidazole rings is 1. The van der Waals surface area contributed by atoms with Gasteiger partial charge in [0.15, 0.2) is 11.5 Å². The van der Waals surface area contributed by atoms with Gasteiger partial charge in [-0.2, -0.15) is 0 Å². The van der Waals surface area contributed by atoms with Crippen LogP contribution in [-0.2, 0) is 4.74 Å². The van der Waals surface area contributed by atoms with Gasteiger partial charge in [-0.05, 0) is 31.5 Å². The molecule has 1 aliphatic heterocycles. The number of halogens is 1. The van der Waals surface area contributed by atoms with Crippen molar-refractivity contribution < 1.29 is 14.2 Å². The van der Waals surface area contributed by atoms with E-state index in [0.29, 0.717) is 27.9 Å². The molecule has 2 N–H and O–H groups in total. The Balaban J connectivity index is 1.46. The van der Waals surface area contributed by atoms with E-state index in [1.807, 2.05) is 32.0 Å². The van der Waals surface area contributed by atoms with E-state index in [2.05, 4.69) is 30.2 Å². The lowest BCUT2D eigenvalue weighted by Crippen LogP contribution is -2.26. The van der Waals surface area contributed by atoms with Gasteiger partial charge in [0.25, 0.3) is 0 Å². The number of methoxy groups -OCH3 is 1. The number of nitrogens with one attached hydrogen (secondary N) is 2. The van der Waals surface area contributed by atoms with Crippen molar-refractivity contribution in [1.82, 2.24) is 24.9 Å². The molecule has 35 heavy (non-hydrogen) atoms. The lowest BCUT2D eigenvalue weighted by Gasteiger charge is -2.23. The Bertz CT molecular complexity index is 1320. The molecule has 0 saturated carbocycles. The summed E-state index contributed by atoms with van der Waals surface area (Å²) in [6.45, 7) is 5.44. The van der Waals surface area contributed by atoms with Gasteiger partial charge in [-0.25, -0.2) is 19.9 Å². The van der Waals surface area contributed by atoms with Crippen molar-refractivity contribution in [2.45, 2.75) is 38.8 Å². The lowest BCUT2D eigenvalue weighted by atomic mass is 9.94. The number of aromatic nitrogens is 5. The van der Waals surface area contributed by atoms with Gasteiger partial charge in [0.2, 0.25) is 5.88 Å². The molecule has 1 atom stereocenters. The van der Waals surface area contributed by atoms with Crippen molar-refractivity contribution in [2.24, 2.45) is 0 Å². The van der Waals surface area contributed by atoms with Crippen LogP contribution >= 0.6 is 11.6 Å². The number of hydrogen-bond acceptors (Lipinski definition) is 8. The zero-order chi connectivity index (χ0) is 24.4. The monoisotopic (exact) mass is 494 g/mol. The third-order valence-corrected chi connectivity index (χ3v) is 6.62. The SMILES string of the molecule is COc1c(C(C)Nc2ncnc3[nH]cnc23)cc(Cl)c(C)c1-c1ccc(OC2CCOCC2)nc1. The Kier molecular flexibility index (Phi) is 6.70. The minimum Gasteiger partial charge on any atom is -0.496 e. The maximum absolute atomic E-state index is 6.70. The van der Waals surface area contributed by atoms with E-state index in [4.69, 9.17) is 25.8 Å². The van der Waals surface area contributed by atoms with Crippen LogP contribution in [0.25, 0.3) is 22.3 Å². The molecule has 0 radical (unpaired) electrons. The number of anilines is 1. The highest BCUT2D eigenvalue weighted by Gasteiger charge is 2.23. The summed E-state index contributed by atoms with van der Waals surface area (Å²) in [6, 6.07) is 5.63. The van der Waals surface area contributed by atoms with Gasteiger partial charge >= 0.3 is 0 Å². The average Bonchev–Trinajstić information content (AvgIpc) is 3.36. The van der Waals surface area contributed by atoms with E-state index in [1.165, 1.54) is 6.33 Å². The van der Waals surface area contributed by atoms with E-state index in [9.17, 15) is 0 Å². The first-order valence-corrected chi connectivity index (χ1v) is 11.9. The Morgan fingerprint density at radius 1 is 1.17 bits per heavy atom. The number of pyridine rings is 1. The molecule has 3 aromatic heterocycles. The Morgan fingerprint density at radius 2 is 2.00 bits per heavy atom. The van der Waals surface area contributed by atoms with Gasteiger partial charge in [0.05, 0.1) is 32.7 Å². The van der Waals surface area contributed by atoms with Crippen molar-refractivity contribution in [3.63, 3.8) is 0 Å². The van der Waals surface area contributed by atoms with Crippen LogP contribution in [0.5, 0.6) is 11.6 Å². The number of ether oxygens (including phenoxy) is 3. The van der Waals surface area contributed by atoms with Crippen molar-refractivity contribution in [3.05, 3.63) is 53.2 Å². The number of hydrogen-bond donors (Lipinski definition) is 2. The predicted molar refractivity (Wildman–Crippen MR) is 134 cm³/mol. The lowest BCUT2D eigenvalue weighted by molar-refractivity contribution is 0.0237. The fraction of sp³-hybridized carbons (Fsp3) is 0.360. The minimum atomic E-state index is -0.180. The highest BCUT2D eigenvalue weighted by atomic mass is 35.5. The molecule has 0 amide bonds. The largest absolute Gasteiger partial charge is 0.496 e. The fourth-order valence-corrected chi connectivity index (χ4v) is 4.56. The van der Waals surface area contributed by atoms with E-state index >= 15 is 0 Å². The van der Waals surface area contributed by atoms with E-state index < -0.39 is 0 Å². The molecule has 4 aromatic rings. The zero-order valence-corrected chi connectivity index (χ0v) is 20.6. The first kappa shape index (κ1) is 23.3. The normalized spacial score (nSPS) is 15.2. The number of benzene rings is 1. The summed E-state index contributed by atoms with van der Waals surface area (Å²) in [5.74, 6) is 1.95. The van der Waals surface area contributed by atoms with Gasteiger partial charge in [-0.15, -0.1) is 0 Å². The van der Waals surface area contributed by atoms with Crippen LogP contribution in [0.3, 0.4) is 0 Å². The zero-order valence-electron chi connectivity index (χ0n) is 19.8. The van der Waals surface area contributed by atoms with Gasteiger partial charge in [0, 0.05) is 46.8 Å². The smallest absolute Gasteiger partial charge is 0.213 e. The molecule has 5 rings (SSSR count). The van der Waals surface area contributed by atoms with Crippen LogP contribution in [0, 0.1) is 6.92 Å². The second-order valence-corrected chi connectivity index (χ2v) is 8.89. The molecule has 0 spiro atoms. The quantitative estimate of drug-likeness (QED) is 0.364. The molecule has 1 aliphatic rings. The molecule has 1 unspecified atom stereocenters. The number of aromatic amines is 1. The Labute approximate surface area is 208 Å². The molecular weight excluding hydrogens is 468 g/mol. The average molecular weight is 495 g/mol. The summed E-state index contributed by atoms with van der Waals surface area (Å²) >= 11 is 6.70. The molecule has 182 valence electrons. The summed E-state index contributed by atoms with van der Waals surface area (Å²) in [7, 11) is 1.66. The van der Waals surface area contributed by atoms with Crippen molar-refractivity contribution in [2.75, 3.05) is 25.6 Å². The molecule has 1 aromatic carbocycles. The highest BCUT2D eigenvalue weighted by Crippen LogP contribution is 2.43. The van der Waals surface area contributed by atoms with Crippen molar-refractivity contribution >= 4 is 28.6 Å². The van der Waals surface area contributed by atoms with Crippen LogP contribution < -0.4 is 14.8 Å². The van der Waals surface area contributed by atoms with Crippen LogP contribution in [0.2, 0.25) is 5.02 Å². The topological polar surface area (TPSA) is 107 Å². The summed E-state index contributed by atoms with van der Waals surface area (Å²) < 4.78 is 17.4. The second kappa shape index (κ2) is 10.1. The molecule has 4 heterocycles. The molecule has 0 bridgehead atoms. The molecule has 10 heteroatoms. The molecule has 9 nitrogen and oxygen atoms in total. The van der Waals surface area contributed by atoms with Gasteiger partial charge < -0.3 is 24.5 Å². The van der Waals surface area contributed by atoms with Crippen LogP contribution in [0.15, 0.2) is 37.1 Å². The highest BCUT2D eigenvalue weighted by molar-refractivity contribution is 6.32. The summed E-state index contributed by atoms with van der Waals surface area (Å²) in [5.41, 5.74) is 4.92. The number of rotatable bonds is 7. The molecular formula is C25H27ClN6O3. The van der Waals surface area contributed by atoms with Crippen LogP contribution in [0.1, 0.15) is 36.9 Å². The van der Waals surface area contributed by atoms with Gasteiger partial charge in [-0.1, -0.05) is 11.6 Å². The van der Waals surface area contributed by atoms with Crippen LogP contribution in [0.4, 0.5) is 5.82 Å². The van der Waals surface area contributed by atoms with Crippen LogP contribution in [-0.4, -0.2) is 51.3 Å². The predicted octanol–water partition coefficient (Wildman–Crippen LogP) is 5.12. The maximum atomic E-state index is 6.70. The number of nitrogens with zero attached hydrogens (tertiary/aromatic N) is 4. The summed E-state index contributed by atoms with van der Waals surface area (Å²) in [4.78, 5) is 20.5. The van der Waals surface area contributed by atoms with Crippen molar-refractivity contribution in [3.8, 4) is 22.8 Å². The van der Waals surface area contributed by atoms with Gasteiger partial charge in [0.1, 0.15) is 23.7 Å². The molecule has 0 aliphatic carbocycles. The van der Waals surface area contributed by atoms with Gasteiger partial charge in [-0.3, -0.25) is 0 Å². The third-order valence-electron chi connectivity index (χ3n) is 6.23. The maximum Gasteiger partial charge on any atom is 0.213 e. The Hall–Kier alpha value is -3.43. The Morgan fingerprint density at radius 3 is 2.74 bits per heavy atom. The summed E-state index contributed by atoms with van der Waals surface area (Å²) in [5, 5.41) is 4.06. The van der Waals surface area contributed by atoms with E-state index in [-0.39, 0.29) is 12.1 Å². The molecule has 1 fully saturated rings. The summed E-state index contributed by atoms with van der Waals surface area (Å²) in [6.07, 6.45) is 6.77. The first-order chi connectivity index (χ1) is 17.0. The van der Waals surface area contributed by atoms with E-state index in [1.54, 1.807) is 19.6 Å². The minimum absolute atomic E-state index is 0.130. The standard InChI is InChI=1S/C25H27ClN6O3/c1-14-19(26)10-18(15(2)32-25-22-24(29-12-28-22)30-13-31-25)23(33-3)21(14)16-4-5-20(27-11-16)35-17-6-8-34-9-7-17/h4-5,10-13,15,17H,6-9H2,1-3H3,(H2,28,29,30,31,32). The third kappa shape index (κ3) is 4.74. The first-order valence-electron chi connectivity index (χ1n) is 11.5. The fourth-order valence-electron chi connectivity index (χ4n) is 4.35. The van der Waals surface area contributed by atoms with Crippen molar-refractivity contribution in [1.29, 1.82) is 0 Å². The van der Waals surface area contributed by atoms with E-state index in [0.717, 1.165) is 54.1 Å². The number of fused-ring (bicyclic) bond motifs is 1.